The molecule has 1 aromatic rings. The van der Waals surface area contributed by atoms with Gasteiger partial charge in [0, 0.05) is 18.7 Å². The molecule has 2 N–H and O–H groups in total. The quantitative estimate of drug-likeness (QED) is 0.864. The Balaban J connectivity index is 0.00000162. The van der Waals surface area contributed by atoms with E-state index in [4.69, 9.17) is 4.52 Å². The van der Waals surface area contributed by atoms with Gasteiger partial charge in [-0.1, -0.05) is 12.1 Å². The molecule has 1 fully saturated rings. The Morgan fingerprint density at radius 3 is 3.06 bits per heavy atom. The normalized spacial score (nSPS) is 23.2. The van der Waals surface area contributed by atoms with Gasteiger partial charge in [-0.25, -0.2) is 0 Å². The maximum absolute atomic E-state index is 11.8. The van der Waals surface area contributed by atoms with Crippen LogP contribution in [0.5, 0.6) is 0 Å². The van der Waals surface area contributed by atoms with Crippen molar-refractivity contribution in [1.29, 1.82) is 0 Å². The molecule has 0 spiro atoms. The van der Waals surface area contributed by atoms with Crippen LogP contribution in [-0.4, -0.2) is 30.2 Å². The minimum Gasteiger partial charge on any atom is -0.361 e. The number of aryl methyl sites for hydroxylation is 1. The summed E-state index contributed by atoms with van der Waals surface area (Å²) in [4.78, 5) is 11.8. The topological polar surface area (TPSA) is 67.2 Å². The molecule has 1 saturated heterocycles. The molecule has 5 nitrogen and oxygen atoms in total. The van der Waals surface area contributed by atoms with Crippen molar-refractivity contribution in [3.05, 3.63) is 17.5 Å². The predicted molar refractivity (Wildman–Crippen MR) is 70.8 cm³/mol. The summed E-state index contributed by atoms with van der Waals surface area (Å²) in [5, 5.41) is 10.1. The van der Waals surface area contributed by atoms with E-state index in [1.807, 2.05) is 6.92 Å². The summed E-state index contributed by atoms with van der Waals surface area (Å²) in [6.45, 7) is 5.88. The molecule has 0 bridgehead atoms. The highest BCUT2D eigenvalue weighted by Gasteiger charge is 2.22. The number of nitrogens with zero attached hydrogens (tertiary/aromatic N) is 1. The Bertz CT molecular complexity index is 394. The first-order chi connectivity index (χ1) is 8.15. The fourth-order valence-electron chi connectivity index (χ4n) is 2.11. The second-order valence-electron chi connectivity index (χ2n) is 4.75. The van der Waals surface area contributed by atoms with Crippen LogP contribution >= 0.6 is 12.4 Å². The number of halogens is 1. The number of aromatic nitrogens is 1. The molecule has 1 aliphatic rings. The Labute approximate surface area is 113 Å². The van der Waals surface area contributed by atoms with Gasteiger partial charge >= 0.3 is 0 Å². The summed E-state index contributed by atoms with van der Waals surface area (Å²) in [6, 6.07) is 2.02. The summed E-state index contributed by atoms with van der Waals surface area (Å²) < 4.78 is 4.93. The summed E-state index contributed by atoms with van der Waals surface area (Å²) >= 11 is 0. The molecule has 0 aliphatic carbocycles. The smallest absolute Gasteiger partial charge is 0.226 e. The summed E-state index contributed by atoms with van der Waals surface area (Å²) in [5.41, 5.74) is 0.691. The maximum atomic E-state index is 11.8. The van der Waals surface area contributed by atoms with Crippen LogP contribution in [0.3, 0.4) is 0 Å². The number of piperidine rings is 1. The third-order valence-corrected chi connectivity index (χ3v) is 3.19. The predicted octanol–water partition coefficient (Wildman–Crippen LogP) is 1.06. The van der Waals surface area contributed by atoms with Gasteiger partial charge in [-0.2, -0.15) is 0 Å². The molecule has 102 valence electrons. The van der Waals surface area contributed by atoms with Crippen molar-refractivity contribution >= 4 is 18.3 Å². The van der Waals surface area contributed by atoms with Gasteiger partial charge < -0.3 is 15.2 Å². The minimum absolute atomic E-state index is 0. The van der Waals surface area contributed by atoms with E-state index in [0.29, 0.717) is 18.0 Å². The molecule has 0 aromatic carbocycles. The second-order valence-corrected chi connectivity index (χ2v) is 4.75. The van der Waals surface area contributed by atoms with E-state index in [1.165, 1.54) is 0 Å². The second kappa shape index (κ2) is 6.75. The van der Waals surface area contributed by atoms with Crippen LogP contribution < -0.4 is 10.6 Å². The molecule has 2 atom stereocenters. The first kappa shape index (κ1) is 15.0. The van der Waals surface area contributed by atoms with Gasteiger partial charge in [0.05, 0.1) is 12.1 Å². The first-order valence-electron chi connectivity index (χ1n) is 6.07. The van der Waals surface area contributed by atoms with Crippen molar-refractivity contribution < 1.29 is 9.32 Å². The van der Waals surface area contributed by atoms with Crippen molar-refractivity contribution in [2.24, 2.45) is 5.92 Å². The Morgan fingerprint density at radius 2 is 2.44 bits per heavy atom. The first-order valence-corrected chi connectivity index (χ1v) is 6.07. The lowest BCUT2D eigenvalue weighted by Gasteiger charge is -2.30. The Kier molecular flexibility index (Phi) is 5.62. The van der Waals surface area contributed by atoms with Gasteiger partial charge in [0.15, 0.2) is 0 Å². The van der Waals surface area contributed by atoms with Crippen molar-refractivity contribution in [3.63, 3.8) is 0 Å². The van der Waals surface area contributed by atoms with Crippen LogP contribution in [-0.2, 0) is 11.2 Å². The zero-order chi connectivity index (χ0) is 12.3. The highest BCUT2D eigenvalue weighted by Crippen LogP contribution is 2.11. The average Bonchev–Trinajstić information content (AvgIpc) is 2.67. The van der Waals surface area contributed by atoms with E-state index in [-0.39, 0.29) is 24.4 Å². The molecule has 2 rings (SSSR count). The average molecular weight is 274 g/mol. The number of carbonyl (C=O) groups is 1. The minimum atomic E-state index is 0. The van der Waals surface area contributed by atoms with E-state index in [1.54, 1.807) is 6.07 Å². The summed E-state index contributed by atoms with van der Waals surface area (Å²) in [6.07, 6.45) is 1.40. The standard InChI is InChI=1S/C12H19N3O2.ClH/c1-8-3-4-13-7-11(8)14-12(16)6-10-5-9(2)17-15-10;/h5,8,11,13H,3-4,6-7H2,1-2H3,(H,14,16);1H. The zero-order valence-electron chi connectivity index (χ0n) is 10.7. The third kappa shape index (κ3) is 3.99. The van der Waals surface area contributed by atoms with E-state index in [2.05, 4.69) is 22.7 Å². The summed E-state index contributed by atoms with van der Waals surface area (Å²) in [5.74, 6) is 1.28. The van der Waals surface area contributed by atoms with Crippen molar-refractivity contribution in [2.45, 2.75) is 32.7 Å². The molecule has 0 saturated carbocycles. The van der Waals surface area contributed by atoms with Crippen LogP contribution in [0.4, 0.5) is 0 Å². The summed E-state index contributed by atoms with van der Waals surface area (Å²) in [7, 11) is 0. The largest absolute Gasteiger partial charge is 0.361 e. The number of amides is 1. The van der Waals surface area contributed by atoms with E-state index in [0.717, 1.165) is 25.3 Å². The fourth-order valence-corrected chi connectivity index (χ4v) is 2.11. The molecule has 1 aliphatic heterocycles. The van der Waals surface area contributed by atoms with Crippen LogP contribution in [0.1, 0.15) is 24.8 Å². The highest BCUT2D eigenvalue weighted by atomic mass is 35.5. The van der Waals surface area contributed by atoms with Gasteiger partial charge in [0.2, 0.25) is 5.91 Å². The van der Waals surface area contributed by atoms with Crippen LogP contribution in [0.2, 0.25) is 0 Å². The molecule has 18 heavy (non-hydrogen) atoms. The fraction of sp³-hybridized carbons (Fsp3) is 0.667. The van der Waals surface area contributed by atoms with Gasteiger partial charge in [0.25, 0.3) is 0 Å². The van der Waals surface area contributed by atoms with Crippen molar-refractivity contribution in [1.82, 2.24) is 15.8 Å². The molecular formula is C12H20ClN3O2. The van der Waals surface area contributed by atoms with Crippen LogP contribution in [0.15, 0.2) is 10.6 Å². The van der Waals surface area contributed by atoms with Crippen molar-refractivity contribution in [2.75, 3.05) is 13.1 Å². The molecule has 0 radical (unpaired) electrons. The number of rotatable bonds is 3. The number of carbonyl (C=O) groups excluding carboxylic acids is 1. The van der Waals surface area contributed by atoms with Gasteiger partial charge in [-0.05, 0) is 25.8 Å². The number of hydrogen-bond donors (Lipinski definition) is 2. The Morgan fingerprint density at radius 1 is 1.67 bits per heavy atom. The lowest BCUT2D eigenvalue weighted by Crippen LogP contribution is -2.50. The van der Waals surface area contributed by atoms with E-state index in [9.17, 15) is 4.79 Å². The molecular weight excluding hydrogens is 254 g/mol. The monoisotopic (exact) mass is 273 g/mol. The molecule has 1 aromatic heterocycles. The lowest BCUT2D eigenvalue weighted by atomic mass is 9.95. The molecule has 6 heteroatoms. The highest BCUT2D eigenvalue weighted by molar-refractivity contribution is 5.85. The van der Waals surface area contributed by atoms with Crippen molar-refractivity contribution in [3.8, 4) is 0 Å². The van der Waals surface area contributed by atoms with Gasteiger partial charge in [-0.15, -0.1) is 12.4 Å². The van der Waals surface area contributed by atoms with Gasteiger partial charge in [0.1, 0.15) is 5.76 Å². The van der Waals surface area contributed by atoms with E-state index < -0.39 is 0 Å². The lowest BCUT2D eigenvalue weighted by molar-refractivity contribution is -0.121. The molecule has 2 heterocycles. The molecule has 2 unspecified atom stereocenters. The van der Waals surface area contributed by atoms with Crippen LogP contribution in [0.25, 0.3) is 0 Å². The maximum Gasteiger partial charge on any atom is 0.226 e. The van der Waals surface area contributed by atoms with Crippen LogP contribution in [0, 0.1) is 12.8 Å². The van der Waals surface area contributed by atoms with E-state index >= 15 is 0 Å². The molecule has 1 amide bonds. The number of hydrogen-bond acceptors (Lipinski definition) is 4. The Hall–Kier alpha value is -1.07. The number of nitrogens with one attached hydrogen (secondary N) is 2. The van der Waals surface area contributed by atoms with Gasteiger partial charge in [-0.3, -0.25) is 4.79 Å². The SMILES string of the molecule is Cc1cc(CC(=O)NC2CNCCC2C)no1.Cl. The third-order valence-electron chi connectivity index (χ3n) is 3.19. The zero-order valence-corrected chi connectivity index (χ0v) is 11.5.